The molecule has 0 bridgehead atoms. The fourth-order valence-corrected chi connectivity index (χ4v) is 1.86. The van der Waals surface area contributed by atoms with Gasteiger partial charge in [-0.3, -0.25) is 0 Å². The number of nitrogens with one attached hydrogen (secondary N) is 1. The molecule has 1 N–H and O–H groups in total. The molecule has 1 radical (unpaired) electrons. The van der Waals surface area contributed by atoms with Crippen LogP contribution in [0.4, 0.5) is 0 Å². The van der Waals surface area contributed by atoms with Crippen LogP contribution in [0.2, 0.25) is 0 Å². The van der Waals surface area contributed by atoms with Crippen LogP contribution < -0.4 is 5.32 Å². The van der Waals surface area contributed by atoms with Crippen molar-refractivity contribution < 1.29 is 0 Å². The quantitative estimate of drug-likeness (QED) is 0.682. The topological polar surface area (TPSA) is 15.3 Å². The molecule has 12 heavy (non-hydrogen) atoms. The predicted octanol–water partition coefficient (Wildman–Crippen LogP) is 1.28. The molecule has 1 aliphatic heterocycles. The van der Waals surface area contributed by atoms with Crippen LogP contribution in [0.5, 0.6) is 0 Å². The molecule has 0 spiro atoms. The van der Waals surface area contributed by atoms with Gasteiger partial charge in [-0.15, -0.1) is 0 Å². The zero-order valence-corrected chi connectivity index (χ0v) is 8.18. The first-order chi connectivity index (χ1) is 5.86. The average molecular weight is 169 g/mol. The monoisotopic (exact) mass is 169 g/mol. The zero-order valence-electron chi connectivity index (χ0n) is 8.18. The molecule has 0 saturated carbocycles. The van der Waals surface area contributed by atoms with E-state index in [9.17, 15) is 0 Å². The van der Waals surface area contributed by atoms with E-state index in [2.05, 4.69) is 24.1 Å². The third kappa shape index (κ3) is 3.11. The summed E-state index contributed by atoms with van der Waals surface area (Å²) in [6.07, 6.45) is 3.64. The summed E-state index contributed by atoms with van der Waals surface area (Å²) in [4.78, 5) is 2.52. The van der Waals surface area contributed by atoms with E-state index in [1.807, 2.05) is 0 Å². The van der Waals surface area contributed by atoms with E-state index < -0.39 is 0 Å². The Morgan fingerprint density at radius 2 is 2.42 bits per heavy atom. The smallest absolute Gasteiger partial charge is 0.0195 e. The number of nitrogens with zero attached hydrogens (tertiary/aromatic N) is 1. The second-order valence-corrected chi connectivity index (χ2v) is 3.59. The van der Waals surface area contributed by atoms with E-state index in [0.717, 1.165) is 19.0 Å². The first kappa shape index (κ1) is 10.0. The fraction of sp³-hybridized carbons (Fsp3) is 0.900. The summed E-state index contributed by atoms with van der Waals surface area (Å²) in [5, 5.41) is 3.55. The molecule has 1 aliphatic rings. The maximum Gasteiger partial charge on any atom is 0.0195 e. The van der Waals surface area contributed by atoms with Crippen LogP contribution in [0.3, 0.4) is 0 Å². The number of piperazine rings is 1. The van der Waals surface area contributed by atoms with Crippen LogP contribution >= 0.6 is 0 Å². The summed E-state index contributed by atoms with van der Waals surface area (Å²) in [7, 11) is 0. The molecule has 1 unspecified atom stereocenters. The maximum atomic E-state index is 3.89. The van der Waals surface area contributed by atoms with Gasteiger partial charge < -0.3 is 10.2 Å². The van der Waals surface area contributed by atoms with Crippen LogP contribution in [0.15, 0.2) is 0 Å². The van der Waals surface area contributed by atoms with Crippen molar-refractivity contribution in [2.24, 2.45) is 0 Å². The third-order valence-electron chi connectivity index (χ3n) is 2.45. The van der Waals surface area contributed by atoms with Crippen LogP contribution in [0.25, 0.3) is 0 Å². The minimum absolute atomic E-state index is 0.732. The summed E-state index contributed by atoms with van der Waals surface area (Å²) in [6, 6.07) is 0.732. The molecule has 0 aromatic carbocycles. The zero-order chi connectivity index (χ0) is 8.81. The van der Waals surface area contributed by atoms with Crippen LogP contribution in [-0.4, -0.2) is 37.1 Å². The normalized spacial score (nSPS) is 26.0. The van der Waals surface area contributed by atoms with Crippen molar-refractivity contribution in [3.63, 3.8) is 0 Å². The Kier molecular flexibility index (Phi) is 4.62. The van der Waals surface area contributed by atoms with E-state index in [1.165, 1.54) is 32.5 Å². The Hall–Kier alpha value is -0.0800. The second kappa shape index (κ2) is 5.55. The van der Waals surface area contributed by atoms with Crippen molar-refractivity contribution in [3.8, 4) is 0 Å². The molecule has 2 nitrogen and oxygen atoms in total. The summed E-state index contributed by atoms with van der Waals surface area (Å²) in [5.41, 5.74) is 0. The lowest BCUT2D eigenvalue weighted by Gasteiger charge is -2.33. The molecule has 0 aromatic rings. The number of hydrogen-bond acceptors (Lipinski definition) is 2. The Bertz CT molecular complexity index is 98.4. The van der Waals surface area contributed by atoms with Crippen LogP contribution in [0.1, 0.15) is 26.2 Å². The summed E-state index contributed by atoms with van der Waals surface area (Å²) >= 11 is 0. The molecule has 0 amide bonds. The SMILES string of the molecule is [CH2]CCN1CCNC(CCC)C1. The standard InChI is InChI=1S/C10H21N2/c1-3-5-10-9-12(7-4-2)8-6-11-10/h10-11H,2-9H2,1H3. The van der Waals surface area contributed by atoms with Gasteiger partial charge >= 0.3 is 0 Å². The van der Waals surface area contributed by atoms with Crippen LogP contribution in [0, 0.1) is 6.92 Å². The Balaban J connectivity index is 2.20. The van der Waals surface area contributed by atoms with E-state index in [0.29, 0.717) is 0 Å². The van der Waals surface area contributed by atoms with Crippen LogP contribution in [-0.2, 0) is 0 Å². The summed E-state index contributed by atoms with van der Waals surface area (Å²) < 4.78 is 0. The van der Waals surface area contributed by atoms with Gasteiger partial charge in [0.15, 0.2) is 0 Å². The lowest BCUT2D eigenvalue weighted by Crippen LogP contribution is -2.50. The lowest BCUT2D eigenvalue weighted by molar-refractivity contribution is 0.197. The highest BCUT2D eigenvalue weighted by molar-refractivity contribution is 4.77. The highest BCUT2D eigenvalue weighted by Gasteiger charge is 2.16. The van der Waals surface area contributed by atoms with E-state index in [-0.39, 0.29) is 0 Å². The van der Waals surface area contributed by atoms with Gasteiger partial charge in [-0.2, -0.15) is 0 Å². The van der Waals surface area contributed by atoms with E-state index in [4.69, 9.17) is 0 Å². The molecule has 1 rings (SSSR count). The maximum absolute atomic E-state index is 3.89. The van der Waals surface area contributed by atoms with Gasteiger partial charge in [0.25, 0.3) is 0 Å². The van der Waals surface area contributed by atoms with E-state index >= 15 is 0 Å². The predicted molar refractivity (Wildman–Crippen MR) is 53.1 cm³/mol. The van der Waals surface area contributed by atoms with Gasteiger partial charge in [0.2, 0.25) is 0 Å². The summed E-state index contributed by atoms with van der Waals surface area (Å²) in [6.45, 7) is 10.9. The molecule has 1 heterocycles. The highest BCUT2D eigenvalue weighted by Crippen LogP contribution is 2.04. The van der Waals surface area contributed by atoms with Gasteiger partial charge in [0.05, 0.1) is 0 Å². The minimum Gasteiger partial charge on any atom is -0.311 e. The molecule has 2 heteroatoms. The van der Waals surface area contributed by atoms with Gasteiger partial charge in [0, 0.05) is 25.7 Å². The van der Waals surface area contributed by atoms with Gasteiger partial charge in [0.1, 0.15) is 0 Å². The van der Waals surface area contributed by atoms with Gasteiger partial charge in [-0.25, -0.2) is 0 Å². The third-order valence-corrected chi connectivity index (χ3v) is 2.45. The Morgan fingerprint density at radius 3 is 3.08 bits per heavy atom. The number of hydrogen-bond donors (Lipinski definition) is 1. The van der Waals surface area contributed by atoms with Crippen molar-refractivity contribution in [1.82, 2.24) is 10.2 Å². The van der Waals surface area contributed by atoms with Crippen molar-refractivity contribution in [3.05, 3.63) is 6.92 Å². The molecule has 1 atom stereocenters. The van der Waals surface area contributed by atoms with Crippen molar-refractivity contribution in [2.45, 2.75) is 32.2 Å². The largest absolute Gasteiger partial charge is 0.311 e. The van der Waals surface area contributed by atoms with Crippen molar-refractivity contribution in [2.75, 3.05) is 26.2 Å². The first-order valence-electron chi connectivity index (χ1n) is 5.11. The molecule has 1 fully saturated rings. The highest BCUT2D eigenvalue weighted by atomic mass is 15.2. The molecular formula is C10H21N2. The summed E-state index contributed by atoms with van der Waals surface area (Å²) in [5.74, 6) is 0. The number of rotatable bonds is 4. The lowest BCUT2D eigenvalue weighted by atomic mass is 10.1. The first-order valence-corrected chi connectivity index (χ1v) is 5.11. The fourth-order valence-electron chi connectivity index (χ4n) is 1.86. The second-order valence-electron chi connectivity index (χ2n) is 3.59. The van der Waals surface area contributed by atoms with E-state index in [1.54, 1.807) is 0 Å². The molecule has 0 aromatic heterocycles. The molecule has 0 aliphatic carbocycles. The molecule has 1 saturated heterocycles. The van der Waals surface area contributed by atoms with Gasteiger partial charge in [-0.1, -0.05) is 20.3 Å². The van der Waals surface area contributed by atoms with Crippen molar-refractivity contribution >= 4 is 0 Å². The van der Waals surface area contributed by atoms with Gasteiger partial charge in [-0.05, 0) is 19.4 Å². The molecule has 71 valence electrons. The molecular weight excluding hydrogens is 148 g/mol. The minimum atomic E-state index is 0.732. The Labute approximate surface area is 76.3 Å². The average Bonchev–Trinajstić information content (AvgIpc) is 2.06. The van der Waals surface area contributed by atoms with Crippen molar-refractivity contribution in [1.29, 1.82) is 0 Å². The Morgan fingerprint density at radius 1 is 1.58 bits per heavy atom.